The van der Waals surface area contributed by atoms with Gasteiger partial charge in [0.05, 0.1) is 5.69 Å². The second-order valence-electron chi connectivity index (χ2n) is 4.68. The number of nitrogens with two attached hydrogens (primary N) is 1. The van der Waals surface area contributed by atoms with Crippen LogP contribution in [0.15, 0.2) is 0 Å². The molecule has 1 aliphatic rings. The normalized spacial score (nSPS) is 19.4. The van der Waals surface area contributed by atoms with E-state index in [1.54, 1.807) is 0 Å². The second kappa shape index (κ2) is 5.10. The lowest BCUT2D eigenvalue weighted by molar-refractivity contribution is 0.0685. The van der Waals surface area contributed by atoms with Crippen LogP contribution < -0.4 is 5.73 Å². The maximum absolute atomic E-state index is 12.2. The van der Waals surface area contributed by atoms with Crippen LogP contribution in [0.2, 0.25) is 0 Å². The van der Waals surface area contributed by atoms with E-state index >= 15 is 0 Å². The third-order valence-electron chi connectivity index (χ3n) is 3.42. The fraction of sp³-hybridized carbons (Fsp3) is 0.727. The van der Waals surface area contributed by atoms with Gasteiger partial charge in [0.15, 0.2) is 0 Å². The molecule has 1 unspecified atom stereocenters. The molecule has 1 aromatic rings. The minimum Gasteiger partial charge on any atom is -0.338 e. The van der Waals surface area contributed by atoms with E-state index in [1.165, 1.54) is 11.5 Å². The van der Waals surface area contributed by atoms with E-state index in [9.17, 15) is 4.79 Å². The predicted molar refractivity (Wildman–Crippen MR) is 66.9 cm³/mol. The van der Waals surface area contributed by atoms with Crippen LogP contribution in [-0.2, 0) is 0 Å². The third-order valence-corrected chi connectivity index (χ3v) is 4.23. The Bertz CT molecular complexity index is 396. The van der Waals surface area contributed by atoms with Gasteiger partial charge in [-0.2, -0.15) is 0 Å². The average Bonchev–Trinajstić information content (AvgIpc) is 2.74. The number of likely N-dealkylation sites (tertiary alicyclic amines) is 1. The van der Waals surface area contributed by atoms with Crippen molar-refractivity contribution >= 4 is 17.4 Å². The van der Waals surface area contributed by atoms with E-state index in [-0.39, 0.29) is 11.9 Å². The molecule has 0 aliphatic carbocycles. The topological polar surface area (TPSA) is 72.1 Å². The van der Waals surface area contributed by atoms with Crippen LogP contribution in [0.4, 0.5) is 0 Å². The van der Waals surface area contributed by atoms with Gasteiger partial charge < -0.3 is 10.6 Å². The Morgan fingerprint density at radius 3 is 2.65 bits per heavy atom. The minimum absolute atomic E-state index is 0.0700. The van der Waals surface area contributed by atoms with E-state index < -0.39 is 0 Å². The quantitative estimate of drug-likeness (QED) is 0.856. The fourth-order valence-corrected chi connectivity index (χ4v) is 2.82. The first-order valence-corrected chi connectivity index (χ1v) is 6.70. The fourth-order valence-electron chi connectivity index (χ4n) is 2.20. The van der Waals surface area contributed by atoms with Crippen molar-refractivity contribution in [1.82, 2.24) is 14.5 Å². The molecule has 0 spiro atoms. The molecule has 17 heavy (non-hydrogen) atoms. The van der Waals surface area contributed by atoms with Crippen molar-refractivity contribution in [2.24, 2.45) is 11.7 Å². The molecule has 1 aromatic heterocycles. The van der Waals surface area contributed by atoms with Gasteiger partial charge in [-0.3, -0.25) is 4.79 Å². The zero-order chi connectivity index (χ0) is 12.4. The molecule has 0 bridgehead atoms. The summed E-state index contributed by atoms with van der Waals surface area (Å²) in [5, 5.41) is 3.88. The molecule has 6 heteroatoms. The third kappa shape index (κ3) is 2.63. The molecular formula is C11H18N4OS. The summed E-state index contributed by atoms with van der Waals surface area (Å²) in [6.45, 7) is 5.45. The first-order valence-electron chi connectivity index (χ1n) is 5.93. The number of carbonyl (C=O) groups excluding carboxylic acids is 1. The number of aryl methyl sites for hydroxylation is 1. The Morgan fingerprint density at radius 1 is 1.53 bits per heavy atom. The van der Waals surface area contributed by atoms with Gasteiger partial charge in [0.2, 0.25) is 0 Å². The largest absolute Gasteiger partial charge is 0.338 e. The molecule has 1 aliphatic heterocycles. The van der Waals surface area contributed by atoms with Gasteiger partial charge in [0.1, 0.15) is 4.88 Å². The molecule has 1 saturated heterocycles. The highest BCUT2D eigenvalue weighted by molar-refractivity contribution is 7.07. The van der Waals surface area contributed by atoms with Crippen molar-refractivity contribution in [2.45, 2.75) is 32.7 Å². The SMILES string of the molecule is Cc1nnsc1C(=O)N1CCC(C(C)N)CC1. The van der Waals surface area contributed by atoms with Crippen LogP contribution in [0.1, 0.15) is 35.1 Å². The van der Waals surface area contributed by atoms with Gasteiger partial charge >= 0.3 is 0 Å². The summed E-state index contributed by atoms with van der Waals surface area (Å²) in [7, 11) is 0. The number of hydrogen-bond acceptors (Lipinski definition) is 5. The van der Waals surface area contributed by atoms with Crippen molar-refractivity contribution in [3.8, 4) is 0 Å². The summed E-state index contributed by atoms with van der Waals surface area (Å²) in [6.07, 6.45) is 1.99. The number of rotatable bonds is 2. The lowest BCUT2D eigenvalue weighted by atomic mass is 9.91. The highest BCUT2D eigenvalue weighted by Gasteiger charge is 2.27. The maximum Gasteiger partial charge on any atom is 0.267 e. The lowest BCUT2D eigenvalue weighted by Crippen LogP contribution is -2.42. The number of hydrogen-bond donors (Lipinski definition) is 1. The van der Waals surface area contributed by atoms with Gasteiger partial charge in [-0.25, -0.2) is 0 Å². The summed E-state index contributed by atoms with van der Waals surface area (Å²) in [5.74, 6) is 0.611. The molecule has 1 amide bonds. The predicted octanol–water partition coefficient (Wildman–Crippen LogP) is 1.05. The second-order valence-corrected chi connectivity index (χ2v) is 5.43. The molecule has 94 valence electrons. The highest BCUT2D eigenvalue weighted by atomic mass is 32.1. The van der Waals surface area contributed by atoms with Crippen molar-refractivity contribution in [3.63, 3.8) is 0 Å². The summed E-state index contributed by atoms with van der Waals surface area (Å²) >= 11 is 1.18. The number of nitrogens with zero attached hydrogens (tertiary/aromatic N) is 3. The molecule has 0 aromatic carbocycles. The molecule has 1 fully saturated rings. The van der Waals surface area contributed by atoms with E-state index in [2.05, 4.69) is 9.59 Å². The maximum atomic E-state index is 12.2. The first-order chi connectivity index (χ1) is 8.09. The van der Waals surface area contributed by atoms with Crippen molar-refractivity contribution < 1.29 is 4.79 Å². The molecule has 0 radical (unpaired) electrons. The summed E-state index contributed by atoms with van der Waals surface area (Å²) in [5.41, 5.74) is 6.62. The van der Waals surface area contributed by atoms with Gasteiger partial charge in [-0.1, -0.05) is 4.49 Å². The Morgan fingerprint density at radius 2 is 2.18 bits per heavy atom. The van der Waals surface area contributed by atoms with Crippen LogP contribution in [0.25, 0.3) is 0 Å². The lowest BCUT2D eigenvalue weighted by Gasteiger charge is -2.33. The average molecular weight is 254 g/mol. The van der Waals surface area contributed by atoms with Crippen molar-refractivity contribution in [1.29, 1.82) is 0 Å². The monoisotopic (exact) mass is 254 g/mol. The van der Waals surface area contributed by atoms with Gasteiger partial charge in [-0.05, 0) is 44.1 Å². The van der Waals surface area contributed by atoms with E-state index in [0.717, 1.165) is 31.6 Å². The molecule has 5 nitrogen and oxygen atoms in total. The van der Waals surface area contributed by atoms with E-state index in [4.69, 9.17) is 5.73 Å². The Balaban J connectivity index is 1.98. The molecular weight excluding hydrogens is 236 g/mol. The van der Waals surface area contributed by atoms with Crippen LogP contribution >= 0.6 is 11.5 Å². The smallest absolute Gasteiger partial charge is 0.267 e. The van der Waals surface area contributed by atoms with Gasteiger partial charge in [0.25, 0.3) is 5.91 Å². The number of amides is 1. The summed E-state index contributed by atoms with van der Waals surface area (Å²) < 4.78 is 3.80. The number of aromatic nitrogens is 2. The molecule has 2 rings (SSSR count). The summed E-state index contributed by atoms with van der Waals surface area (Å²) in [6, 6.07) is 0.221. The summed E-state index contributed by atoms with van der Waals surface area (Å²) in [4.78, 5) is 14.7. The molecule has 0 saturated carbocycles. The number of carbonyl (C=O) groups is 1. The molecule has 1 atom stereocenters. The van der Waals surface area contributed by atoms with Gasteiger partial charge in [0, 0.05) is 19.1 Å². The minimum atomic E-state index is 0.0700. The molecule has 2 N–H and O–H groups in total. The van der Waals surface area contributed by atoms with Crippen molar-refractivity contribution in [3.05, 3.63) is 10.6 Å². The van der Waals surface area contributed by atoms with E-state index in [1.807, 2.05) is 18.7 Å². The first kappa shape index (κ1) is 12.4. The Hall–Kier alpha value is -1.01. The van der Waals surface area contributed by atoms with Crippen LogP contribution in [0, 0.1) is 12.8 Å². The van der Waals surface area contributed by atoms with Crippen molar-refractivity contribution in [2.75, 3.05) is 13.1 Å². The molecule has 2 heterocycles. The van der Waals surface area contributed by atoms with Crippen LogP contribution in [0.3, 0.4) is 0 Å². The van der Waals surface area contributed by atoms with Crippen LogP contribution in [-0.4, -0.2) is 39.5 Å². The Kier molecular flexibility index (Phi) is 3.73. The zero-order valence-corrected chi connectivity index (χ0v) is 11.0. The van der Waals surface area contributed by atoms with E-state index in [0.29, 0.717) is 10.8 Å². The Labute approximate surface area is 105 Å². The van der Waals surface area contributed by atoms with Gasteiger partial charge in [-0.15, -0.1) is 5.10 Å². The zero-order valence-electron chi connectivity index (χ0n) is 10.2. The number of piperidine rings is 1. The highest BCUT2D eigenvalue weighted by Crippen LogP contribution is 2.22. The van der Waals surface area contributed by atoms with Crippen LogP contribution in [0.5, 0.6) is 0 Å². The standard InChI is InChI=1S/C11H18N4OS/c1-7(12)9-3-5-15(6-4-9)11(16)10-8(2)13-14-17-10/h7,9H,3-6,12H2,1-2H3.